The quantitative estimate of drug-likeness (QED) is 0.608. The summed E-state index contributed by atoms with van der Waals surface area (Å²) in [6.45, 7) is 11.3. The second-order valence-corrected chi connectivity index (χ2v) is 9.53. The van der Waals surface area contributed by atoms with Crippen LogP contribution in [0.3, 0.4) is 0 Å². The minimum atomic E-state index is -0.392. The Kier molecular flexibility index (Phi) is 8.15. The summed E-state index contributed by atoms with van der Waals surface area (Å²) in [7, 11) is 0. The molecule has 0 aromatic heterocycles. The minimum Gasteiger partial charge on any atom is -0.462 e. The molecule has 2 N–H and O–H groups in total. The number of carbonyl (C=O) groups is 3. The topological polar surface area (TPSA) is 91.0 Å². The molecule has 3 amide bonds. The van der Waals surface area contributed by atoms with Gasteiger partial charge in [-0.05, 0) is 60.9 Å². The van der Waals surface area contributed by atoms with Crippen LogP contribution in [0.2, 0.25) is 0 Å². The van der Waals surface area contributed by atoms with E-state index >= 15 is 0 Å². The summed E-state index contributed by atoms with van der Waals surface area (Å²) in [5.41, 5.74) is 2.73. The third-order valence-electron chi connectivity index (χ3n) is 5.46. The average Bonchev–Trinajstić information content (AvgIpc) is 2.79. The SMILES string of the molecule is CCOC(=O)c1ccc(NC(=O)Nc2ccc(N3CCN(C(=O)CC(C)(C)C)CC3)cc2)cc1. The molecule has 0 atom stereocenters. The number of rotatable bonds is 6. The summed E-state index contributed by atoms with van der Waals surface area (Å²) < 4.78 is 4.95. The van der Waals surface area contributed by atoms with Crippen molar-refractivity contribution in [2.24, 2.45) is 5.41 Å². The Bertz CT molecular complexity index is 989. The van der Waals surface area contributed by atoms with Crippen LogP contribution in [0.5, 0.6) is 0 Å². The molecule has 1 heterocycles. The third kappa shape index (κ3) is 7.23. The lowest BCUT2D eigenvalue weighted by atomic mass is 9.91. The number of nitrogens with one attached hydrogen (secondary N) is 2. The maximum atomic E-state index is 12.4. The van der Waals surface area contributed by atoms with Gasteiger partial charge in [-0.1, -0.05) is 20.8 Å². The van der Waals surface area contributed by atoms with E-state index in [4.69, 9.17) is 4.74 Å². The maximum Gasteiger partial charge on any atom is 0.338 e. The van der Waals surface area contributed by atoms with E-state index in [2.05, 4.69) is 36.3 Å². The first-order valence-electron chi connectivity index (χ1n) is 11.6. The molecule has 1 fully saturated rings. The highest BCUT2D eigenvalue weighted by molar-refractivity contribution is 6.00. The van der Waals surface area contributed by atoms with Crippen LogP contribution in [0.15, 0.2) is 48.5 Å². The van der Waals surface area contributed by atoms with E-state index in [1.165, 1.54) is 0 Å². The molecule has 0 aliphatic carbocycles. The van der Waals surface area contributed by atoms with Crippen molar-refractivity contribution in [1.29, 1.82) is 0 Å². The summed E-state index contributed by atoms with van der Waals surface area (Å²) in [5.74, 6) is -0.176. The summed E-state index contributed by atoms with van der Waals surface area (Å²) in [4.78, 5) is 40.7. The molecule has 0 spiro atoms. The van der Waals surface area contributed by atoms with E-state index in [1.807, 2.05) is 29.2 Å². The number of hydrogen-bond acceptors (Lipinski definition) is 5. The molecule has 2 aromatic carbocycles. The molecule has 3 rings (SSSR count). The standard InChI is InChI=1S/C26H34N4O4/c1-5-34-24(32)19-6-8-20(9-7-19)27-25(33)28-21-10-12-22(13-11-21)29-14-16-30(17-15-29)23(31)18-26(2,3)4/h6-13H,5,14-18H2,1-4H3,(H2,27,28,33). The largest absolute Gasteiger partial charge is 0.462 e. The first-order chi connectivity index (χ1) is 16.1. The summed E-state index contributed by atoms with van der Waals surface area (Å²) in [6.07, 6.45) is 0.560. The van der Waals surface area contributed by atoms with E-state index in [0.717, 1.165) is 18.8 Å². The van der Waals surface area contributed by atoms with Gasteiger partial charge in [-0.3, -0.25) is 4.79 Å². The summed E-state index contributed by atoms with van der Waals surface area (Å²) in [6, 6.07) is 13.8. The fourth-order valence-electron chi connectivity index (χ4n) is 3.73. The molecule has 34 heavy (non-hydrogen) atoms. The Labute approximate surface area is 201 Å². The second kappa shape index (κ2) is 11.0. The molecule has 0 unspecified atom stereocenters. The minimum absolute atomic E-state index is 0.00453. The van der Waals surface area contributed by atoms with Crippen molar-refractivity contribution in [1.82, 2.24) is 4.90 Å². The lowest BCUT2D eigenvalue weighted by Crippen LogP contribution is -2.49. The molecule has 0 radical (unpaired) electrons. The van der Waals surface area contributed by atoms with E-state index in [0.29, 0.717) is 43.1 Å². The highest BCUT2D eigenvalue weighted by Gasteiger charge is 2.25. The highest BCUT2D eigenvalue weighted by Crippen LogP contribution is 2.23. The molecule has 0 saturated carbocycles. The number of carbonyl (C=O) groups excluding carboxylic acids is 3. The number of urea groups is 1. The molecular formula is C26H34N4O4. The van der Waals surface area contributed by atoms with E-state index in [-0.39, 0.29) is 17.4 Å². The van der Waals surface area contributed by atoms with Crippen LogP contribution < -0.4 is 15.5 Å². The van der Waals surface area contributed by atoms with Gasteiger partial charge in [0.25, 0.3) is 0 Å². The molecular weight excluding hydrogens is 432 g/mol. The van der Waals surface area contributed by atoms with Gasteiger partial charge < -0.3 is 25.2 Å². The maximum absolute atomic E-state index is 12.4. The van der Waals surface area contributed by atoms with Gasteiger partial charge in [0.2, 0.25) is 5.91 Å². The Morgan fingerprint density at radius 1 is 0.853 bits per heavy atom. The summed E-state index contributed by atoms with van der Waals surface area (Å²) >= 11 is 0. The Balaban J connectivity index is 1.48. The predicted octanol–water partition coefficient (Wildman–Crippen LogP) is 4.59. The normalized spacial score (nSPS) is 13.9. The van der Waals surface area contributed by atoms with Crippen LogP contribution in [0, 0.1) is 5.41 Å². The Hall–Kier alpha value is -3.55. The fourth-order valence-corrected chi connectivity index (χ4v) is 3.73. The van der Waals surface area contributed by atoms with Gasteiger partial charge in [-0.25, -0.2) is 9.59 Å². The number of piperazine rings is 1. The van der Waals surface area contributed by atoms with Gasteiger partial charge in [0, 0.05) is 49.7 Å². The number of ether oxygens (including phenoxy) is 1. The van der Waals surface area contributed by atoms with Gasteiger partial charge in [0.15, 0.2) is 0 Å². The second-order valence-electron chi connectivity index (χ2n) is 9.53. The average molecular weight is 467 g/mol. The van der Waals surface area contributed by atoms with Crippen molar-refractivity contribution in [3.05, 3.63) is 54.1 Å². The molecule has 182 valence electrons. The van der Waals surface area contributed by atoms with Crippen LogP contribution in [0.25, 0.3) is 0 Å². The van der Waals surface area contributed by atoms with Gasteiger partial charge in [0.1, 0.15) is 0 Å². The number of benzene rings is 2. The summed E-state index contributed by atoms with van der Waals surface area (Å²) in [5, 5.41) is 5.56. The van der Waals surface area contributed by atoms with Crippen molar-refractivity contribution >= 4 is 35.0 Å². The number of nitrogens with zero attached hydrogens (tertiary/aromatic N) is 2. The van der Waals surface area contributed by atoms with Gasteiger partial charge in [0.05, 0.1) is 12.2 Å². The Morgan fingerprint density at radius 2 is 1.38 bits per heavy atom. The zero-order chi connectivity index (χ0) is 24.7. The molecule has 1 saturated heterocycles. The van der Waals surface area contributed by atoms with Crippen molar-refractivity contribution in [3.63, 3.8) is 0 Å². The van der Waals surface area contributed by atoms with Crippen LogP contribution in [-0.4, -0.2) is 55.6 Å². The molecule has 1 aliphatic heterocycles. The monoisotopic (exact) mass is 466 g/mol. The first-order valence-corrected chi connectivity index (χ1v) is 11.6. The third-order valence-corrected chi connectivity index (χ3v) is 5.46. The number of anilines is 3. The van der Waals surface area contributed by atoms with Crippen LogP contribution in [-0.2, 0) is 9.53 Å². The van der Waals surface area contributed by atoms with Crippen LogP contribution in [0.4, 0.5) is 21.9 Å². The highest BCUT2D eigenvalue weighted by atomic mass is 16.5. The zero-order valence-corrected chi connectivity index (χ0v) is 20.4. The van der Waals surface area contributed by atoms with Crippen LogP contribution >= 0.6 is 0 Å². The van der Waals surface area contributed by atoms with Crippen LogP contribution in [0.1, 0.15) is 44.5 Å². The molecule has 2 aromatic rings. The molecule has 1 aliphatic rings. The van der Waals surface area contributed by atoms with Crippen molar-refractivity contribution in [2.75, 3.05) is 48.3 Å². The fraction of sp³-hybridized carbons (Fsp3) is 0.423. The van der Waals surface area contributed by atoms with Crippen molar-refractivity contribution in [2.45, 2.75) is 34.1 Å². The van der Waals surface area contributed by atoms with Gasteiger partial charge in [-0.15, -0.1) is 0 Å². The molecule has 0 bridgehead atoms. The first kappa shape index (κ1) is 25.1. The van der Waals surface area contributed by atoms with E-state index in [1.54, 1.807) is 31.2 Å². The van der Waals surface area contributed by atoms with E-state index < -0.39 is 5.97 Å². The van der Waals surface area contributed by atoms with E-state index in [9.17, 15) is 14.4 Å². The Morgan fingerprint density at radius 3 is 1.88 bits per heavy atom. The van der Waals surface area contributed by atoms with Gasteiger partial charge in [-0.2, -0.15) is 0 Å². The number of amides is 3. The lowest BCUT2D eigenvalue weighted by molar-refractivity contribution is -0.133. The zero-order valence-electron chi connectivity index (χ0n) is 20.4. The van der Waals surface area contributed by atoms with Crippen molar-refractivity contribution in [3.8, 4) is 0 Å². The molecule has 8 nitrogen and oxygen atoms in total. The predicted molar refractivity (Wildman–Crippen MR) is 134 cm³/mol. The smallest absolute Gasteiger partial charge is 0.338 e. The van der Waals surface area contributed by atoms with Gasteiger partial charge >= 0.3 is 12.0 Å². The van der Waals surface area contributed by atoms with Crippen molar-refractivity contribution < 1.29 is 19.1 Å². The number of esters is 1. The number of hydrogen-bond donors (Lipinski definition) is 2. The lowest BCUT2D eigenvalue weighted by Gasteiger charge is -2.37. The molecule has 8 heteroatoms.